The first kappa shape index (κ1) is 9.81. The van der Waals surface area contributed by atoms with E-state index in [1.165, 1.54) is 12.7 Å². The zero-order valence-corrected chi connectivity index (χ0v) is 9.27. The Morgan fingerprint density at radius 1 is 1.20 bits per heavy atom. The molecule has 0 spiro atoms. The third-order valence-electron chi connectivity index (χ3n) is 1.87. The highest BCUT2D eigenvalue weighted by Crippen LogP contribution is 2.25. The van der Waals surface area contributed by atoms with Crippen LogP contribution in [0.2, 0.25) is 0 Å². The van der Waals surface area contributed by atoms with Gasteiger partial charge < -0.3 is 0 Å². The molecule has 0 bridgehead atoms. The molecule has 0 N–H and O–H groups in total. The molecule has 0 saturated heterocycles. The maximum atomic E-state index is 5.30. The Hall–Kier alpha value is -1.73. The molecule has 0 aliphatic carbocycles. The first-order chi connectivity index (χ1) is 7.31. The molecule has 0 saturated carbocycles. The summed E-state index contributed by atoms with van der Waals surface area (Å²) in [7, 11) is 0. The molecule has 2 aromatic rings. The van der Waals surface area contributed by atoms with E-state index in [9.17, 15) is 0 Å². The average molecular weight is 260 g/mol. The van der Waals surface area contributed by atoms with E-state index in [4.69, 9.17) is 6.42 Å². The molecule has 1 heterocycles. The highest BCUT2D eigenvalue weighted by atomic mass is 79.9. The first-order valence-electron chi connectivity index (χ1n) is 4.20. The Morgan fingerprint density at radius 2 is 1.93 bits per heavy atom. The van der Waals surface area contributed by atoms with Crippen molar-refractivity contribution in [1.82, 2.24) is 15.0 Å². The molecule has 15 heavy (non-hydrogen) atoms. The minimum Gasteiger partial charge on any atom is -0.225 e. The van der Waals surface area contributed by atoms with Gasteiger partial charge in [-0.05, 0) is 34.1 Å². The predicted molar refractivity (Wildman–Crippen MR) is 60.9 cm³/mol. The van der Waals surface area contributed by atoms with Crippen molar-refractivity contribution in [2.45, 2.75) is 0 Å². The van der Waals surface area contributed by atoms with Crippen LogP contribution >= 0.6 is 15.9 Å². The molecule has 72 valence electrons. The van der Waals surface area contributed by atoms with Gasteiger partial charge >= 0.3 is 0 Å². The smallest absolute Gasteiger partial charge is 0.163 e. The van der Waals surface area contributed by atoms with E-state index < -0.39 is 0 Å². The van der Waals surface area contributed by atoms with Crippen LogP contribution in [0.4, 0.5) is 0 Å². The molecule has 0 radical (unpaired) electrons. The zero-order valence-electron chi connectivity index (χ0n) is 7.68. The van der Waals surface area contributed by atoms with Gasteiger partial charge in [0.05, 0.1) is 0 Å². The summed E-state index contributed by atoms with van der Waals surface area (Å²) in [6.45, 7) is 0. The van der Waals surface area contributed by atoms with Crippen molar-refractivity contribution < 1.29 is 0 Å². The van der Waals surface area contributed by atoms with Crippen molar-refractivity contribution in [2.75, 3.05) is 0 Å². The third kappa shape index (κ3) is 2.03. The molecule has 1 aromatic heterocycles. The second-order valence-electron chi connectivity index (χ2n) is 2.80. The molecule has 0 unspecified atom stereocenters. The summed E-state index contributed by atoms with van der Waals surface area (Å²) >= 11 is 3.43. The van der Waals surface area contributed by atoms with Crippen molar-refractivity contribution in [1.29, 1.82) is 0 Å². The SMILES string of the molecule is C#Cc1ccc(-c2ncncn2)c(Br)c1. The van der Waals surface area contributed by atoms with Crippen LogP contribution in [0.1, 0.15) is 5.56 Å². The number of aromatic nitrogens is 3. The lowest BCUT2D eigenvalue weighted by Gasteiger charge is -2.02. The standard InChI is InChI=1S/C11H6BrN3/c1-2-8-3-4-9(10(12)5-8)11-14-6-13-7-15-11/h1,3-7H. The lowest BCUT2D eigenvalue weighted by molar-refractivity contribution is 1.05. The Labute approximate surface area is 95.7 Å². The van der Waals surface area contributed by atoms with Gasteiger partial charge in [0, 0.05) is 15.6 Å². The van der Waals surface area contributed by atoms with Crippen molar-refractivity contribution in [2.24, 2.45) is 0 Å². The van der Waals surface area contributed by atoms with Crippen molar-refractivity contribution in [3.8, 4) is 23.7 Å². The van der Waals surface area contributed by atoms with Gasteiger partial charge in [-0.3, -0.25) is 0 Å². The van der Waals surface area contributed by atoms with Crippen LogP contribution in [0.5, 0.6) is 0 Å². The van der Waals surface area contributed by atoms with Crippen LogP contribution in [0.15, 0.2) is 35.3 Å². The molecular weight excluding hydrogens is 254 g/mol. The zero-order chi connectivity index (χ0) is 10.7. The number of nitrogens with zero attached hydrogens (tertiary/aromatic N) is 3. The number of halogens is 1. The van der Waals surface area contributed by atoms with Gasteiger partial charge in [0.1, 0.15) is 12.7 Å². The topological polar surface area (TPSA) is 38.7 Å². The largest absolute Gasteiger partial charge is 0.225 e. The lowest BCUT2D eigenvalue weighted by atomic mass is 10.1. The van der Waals surface area contributed by atoms with Crippen molar-refractivity contribution in [3.63, 3.8) is 0 Å². The van der Waals surface area contributed by atoms with E-state index in [-0.39, 0.29) is 0 Å². The van der Waals surface area contributed by atoms with E-state index in [0.717, 1.165) is 15.6 Å². The fourth-order valence-corrected chi connectivity index (χ4v) is 1.72. The Balaban J connectivity index is 2.52. The molecule has 0 fully saturated rings. The predicted octanol–water partition coefficient (Wildman–Crippen LogP) is 2.28. The summed E-state index contributed by atoms with van der Waals surface area (Å²) < 4.78 is 0.879. The number of benzene rings is 1. The van der Waals surface area contributed by atoms with Gasteiger partial charge in [0.2, 0.25) is 0 Å². The molecule has 1 aromatic carbocycles. The highest BCUT2D eigenvalue weighted by Gasteiger charge is 2.05. The second kappa shape index (κ2) is 4.20. The summed E-state index contributed by atoms with van der Waals surface area (Å²) in [6, 6.07) is 5.59. The normalized spacial score (nSPS) is 9.60. The molecule has 0 atom stereocenters. The molecule has 0 aliphatic rings. The van der Waals surface area contributed by atoms with Crippen molar-refractivity contribution in [3.05, 3.63) is 40.9 Å². The molecule has 2 rings (SSSR count). The monoisotopic (exact) mass is 259 g/mol. The maximum Gasteiger partial charge on any atom is 0.163 e. The number of hydrogen-bond donors (Lipinski definition) is 0. The first-order valence-corrected chi connectivity index (χ1v) is 4.99. The fraction of sp³-hybridized carbons (Fsp3) is 0. The molecule has 0 aliphatic heterocycles. The Bertz CT molecular complexity index is 517. The van der Waals surface area contributed by atoms with E-state index in [0.29, 0.717) is 5.82 Å². The fourth-order valence-electron chi connectivity index (χ4n) is 1.16. The molecule has 3 nitrogen and oxygen atoms in total. The van der Waals surface area contributed by atoms with Gasteiger partial charge in [-0.2, -0.15) is 0 Å². The minimum absolute atomic E-state index is 0.625. The summed E-state index contributed by atoms with van der Waals surface area (Å²) in [5.41, 5.74) is 1.72. The van der Waals surface area contributed by atoms with Crippen LogP contribution in [0.3, 0.4) is 0 Å². The molecular formula is C11H6BrN3. The van der Waals surface area contributed by atoms with Crippen LogP contribution < -0.4 is 0 Å². The van der Waals surface area contributed by atoms with Crippen LogP contribution in [-0.2, 0) is 0 Å². The van der Waals surface area contributed by atoms with Gasteiger partial charge in [0.25, 0.3) is 0 Å². The Morgan fingerprint density at radius 3 is 2.53 bits per heavy atom. The summed E-state index contributed by atoms with van der Waals surface area (Å²) in [5.74, 6) is 3.19. The lowest BCUT2D eigenvalue weighted by Crippen LogP contribution is -1.90. The van der Waals surface area contributed by atoms with E-state index in [1.807, 2.05) is 18.2 Å². The number of hydrogen-bond acceptors (Lipinski definition) is 3. The maximum absolute atomic E-state index is 5.30. The van der Waals surface area contributed by atoms with E-state index in [2.05, 4.69) is 36.8 Å². The van der Waals surface area contributed by atoms with Crippen LogP contribution in [-0.4, -0.2) is 15.0 Å². The molecule has 4 heteroatoms. The average Bonchev–Trinajstić information content (AvgIpc) is 2.30. The second-order valence-corrected chi connectivity index (χ2v) is 3.66. The van der Waals surface area contributed by atoms with Gasteiger partial charge in [-0.1, -0.05) is 5.92 Å². The van der Waals surface area contributed by atoms with Gasteiger partial charge in [-0.25, -0.2) is 15.0 Å². The highest BCUT2D eigenvalue weighted by molar-refractivity contribution is 9.10. The number of rotatable bonds is 1. The molecule has 0 amide bonds. The van der Waals surface area contributed by atoms with E-state index in [1.54, 1.807) is 0 Å². The van der Waals surface area contributed by atoms with Gasteiger partial charge in [-0.15, -0.1) is 6.42 Å². The van der Waals surface area contributed by atoms with Crippen molar-refractivity contribution >= 4 is 15.9 Å². The third-order valence-corrected chi connectivity index (χ3v) is 2.53. The van der Waals surface area contributed by atoms with Gasteiger partial charge in [0.15, 0.2) is 5.82 Å². The van der Waals surface area contributed by atoms with Crippen LogP contribution in [0.25, 0.3) is 11.4 Å². The number of terminal acetylenes is 1. The van der Waals surface area contributed by atoms with Crippen LogP contribution in [0, 0.1) is 12.3 Å². The minimum atomic E-state index is 0.625. The Kier molecular flexibility index (Phi) is 2.75. The summed E-state index contributed by atoms with van der Waals surface area (Å²) in [6.07, 6.45) is 8.22. The van der Waals surface area contributed by atoms with E-state index >= 15 is 0 Å². The quantitative estimate of drug-likeness (QED) is 0.738. The summed E-state index contributed by atoms with van der Waals surface area (Å²) in [4.78, 5) is 11.9. The summed E-state index contributed by atoms with van der Waals surface area (Å²) in [5, 5.41) is 0.